The fraction of sp³-hybridized carbons (Fsp3) is 0.500. The third kappa shape index (κ3) is 1.34. The van der Waals surface area contributed by atoms with E-state index in [2.05, 4.69) is 11.1 Å². The molecular formula is C10H13NO2. The van der Waals surface area contributed by atoms with Crippen molar-refractivity contribution in [2.45, 2.75) is 26.2 Å². The highest BCUT2D eigenvalue weighted by Crippen LogP contribution is 2.48. The lowest BCUT2D eigenvalue weighted by molar-refractivity contribution is -0.138. The van der Waals surface area contributed by atoms with Gasteiger partial charge in [-0.25, -0.2) is 0 Å². The van der Waals surface area contributed by atoms with Crippen molar-refractivity contribution in [3.63, 3.8) is 0 Å². The van der Waals surface area contributed by atoms with Crippen molar-refractivity contribution in [2.24, 2.45) is 5.92 Å². The maximum Gasteiger partial charge on any atom is 0.307 e. The second-order valence-corrected chi connectivity index (χ2v) is 3.82. The molecule has 2 rings (SSSR count). The van der Waals surface area contributed by atoms with E-state index in [4.69, 9.17) is 5.11 Å². The van der Waals surface area contributed by atoms with Gasteiger partial charge in [0.15, 0.2) is 0 Å². The molecule has 0 aromatic carbocycles. The molecule has 0 radical (unpaired) electrons. The SMILES string of the molecule is Cc1cc(C2CC2C(=O)O)c(C)[nH]1. The van der Waals surface area contributed by atoms with E-state index in [1.54, 1.807) is 0 Å². The molecule has 70 valence electrons. The monoisotopic (exact) mass is 179 g/mol. The number of carboxylic acids is 1. The molecule has 0 amide bonds. The van der Waals surface area contributed by atoms with Crippen LogP contribution in [0.3, 0.4) is 0 Å². The molecule has 1 aromatic heterocycles. The van der Waals surface area contributed by atoms with Gasteiger partial charge in [0.25, 0.3) is 0 Å². The Morgan fingerprint density at radius 2 is 2.31 bits per heavy atom. The standard InChI is InChI=1S/C10H13NO2/c1-5-3-7(6(2)11-5)8-4-9(8)10(12)13/h3,8-9,11H,4H2,1-2H3,(H,12,13). The Hall–Kier alpha value is -1.25. The smallest absolute Gasteiger partial charge is 0.307 e. The van der Waals surface area contributed by atoms with E-state index in [0.717, 1.165) is 17.8 Å². The number of H-pyrrole nitrogens is 1. The zero-order valence-electron chi connectivity index (χ0n) is 7.79. The molecule has 2 unspecified atom stereocenters. The number of aliphatic carboxylic acids is 1. The molecule has 2 N–H and O–H groups in total. The second-order valence-electron chi connectivity index (χ2n) is 3.82. The highest BCUT2D eigenvalue weighted by molar-refractivity contribution is 5.75. The summed E-state index contributed by atoms with van der Waals surface area (Å²) in [5, 5.41) is 8.77. The molecule has 2 atom stereocenters. The fourth-order valence-corrected chi connectivity index (χ4v) is 1.94. The van der Waals surface area contributed by atoms with E-state index < -0.39 is 5.97 Å². The first kappa shape index (κ1) is 8.35. The van der Waals surface area contributed by atoms with Crippen molar-refractivity contribution in [3.8, 4) is 0 Å². The van der Waals surface area contributed by atoms with Crippen LogP contribution in [0.25, 0.3) is 0 Å². The van der Waals surface area contributed by atoms with Crippen molar-refractivity contribution < 1.29 is 9.90 Å². The van der Waals surface area contributed by atoms with Crippen molar-refractivity contribution in [2.75, 3.05) is 0 Å². The van der Waals surface area contributed by atoms with Gasteiger partial charge in [-0.2, -0.15) is 0 Å². The van der Waals surface area contributed by atoms with Crippen LogP contribution in [0.1, 0.15) is 29.3 Å². The fourth-order valence-electron chi connectivity index (χ4n) is 1.94. The average Bonchev–Trinajstić information content (AvgIpc) is 2.73. The number of aromatic nitrogens is 1. The summed E-state index contributed by atoms with van der Waals surface area (Å²) >= 11 is 0. The van der Waals surface area contributed by atoms with E-state index in [1.165, 1.54) is 5.56 Å². The van der Waals surface area contributed by atoms with Crippen LogP contribution in [0.2, 0.25) is 0 Å². The van der Waals surface area contributed by atoms with Gasteiger partial charge in [-0.05, 0) is 37.8 Å². The zero-order valence-corrected chi connectivity index (χ0v) is 7.79. The number of carbonyl (C=O) groups is 1. The van der Waals surface area contributed by atoms with Crippen LogP contribution in [0.5, 0.6) is 0 Å². The number of hydrogen-bond acceptors (Lipinski definition) is 1. The van der Waals surface area contributed by atoms with Crippen LogP contribution < -0.4 is 0 Å². The Morgan fingerprint density at radius 3 is 2.69 bits per heavy atom. The van der Waals surface area contributed by atoms with Crippen molar-refractivity contribution in [1.29, 1.82) is 0 Å². The van der Waals surface area contributed by atoms with E-state index >= 15 is 0 Å². The highest BCUT2D eigenvalue weighted by atomic mass is 16.4. The first-order valence-electron chi connectivity index (χ1n) is 4.48. The summed E-state index contributed by atoms with van der Waals surface area (Å²) in [6.45, 7) is 3.99. The van der Waals surface area contributed by atoms with Gasteiger partial charge in [0, 0.05) is 11.4 Å². The summed E-state index contributed by atoms with van der Waals surface area (Å²) in [6.07, 6.45) is 0.799. The summed E-state index contributed by atoms with van der Waals surface area (Å²) in [5.41, 5.74) is 3.42. The number of rotatable bonds is 2. The molecule has 3 heteroatoms. The highest BCUT2D eigenvalue weighted by Gasteiger charge is 2.45. The molecule has 1 fully saturated rings. The minimum atomic E-state index is -0.664. The summed E-state index contributed by atoms with van der Waals surface area (Å²) in [4.78, 5) is 13.8. The minimum absolute atomic E-state index is 0.145. The van der Waals surface area contributed by atoms with Gasteiger partial charge in [0.2, 0.25) is 0 Å². The molecule has 0 spiro atoms. The molecule has 1 heterocycles. The lowest BCUT2D eigenvalue weighted by atomic mass is 10.1. The third-order valence-corrected chi connectivity index (χ3v) is 2.70. The largest absolute Gasteiger partial charge is 0.481 e. The second kappa shape index (κ2) is 2.62. The van der Waals surface area contributed by atoms with E-state index in [-0.39, 0.29) is 11.8 Å². The topological polar surface area (TPSA) is 53.1 Å². The van der Waals surface area contributed by atoms with Gasteiger partial charge in [-0.3, -0.25) is 4.79 Å². The summed E-state index contributed by atoms with van der Waals surface area (Å²) in [7, 11) is 0. The predicted octanol–water partition coefficient (Wildman–Crippen LogP) is 1.82. The molecule has 13 heavy (non-hydrogen) atoms. The van der Waals surface area contributed by atoms with E-state index in [9.17, 15) is 4.79 Å². The molecule has 1 aliphatic rings. The van der Waals surface area contributed by atoms with Crippen molar-refractivity contribution >= 4 is 5.97 Å². The van der Waals surface area contributed by atoms with Gasteiger partial charge in [0.1, 0.15) is 0 Å². The average molecular weight is 179 g/mol. The quantitative estimate of drug-likeness (QED) is 0.727. The predicted molar refractivity (Wildman–Crippen MR) is 48.8 cm³/mol. The molecule has 1 saturated carbocycles. The van der Waals surface area contributed by atoms with Gasteiger partial charge < -0.3 is 10.1 Å². The van der Waals surface area contributed by atoms with Gasteiger partial charge in [-0.1, -0.05) is 0 Å². The number of hydrogen-bond donors (Lipinski definition) is 2. The maximum absolute atomic E-state index is 10.7. The summed E-state index contributed by atoms with van der Waals surface area (Å²) in [6, 6.07) is 2.06. The van der Waals surface area contributed by atoms with Gasteiger partial charge in [0.05, 0.1) is 5.92 Å². The molecule has 1 aromatic rings. The number of carboxylic acid groups (broad SMARTS) is 1. The Labute approximate surface area is 76.8 Å². The van der Waals surface area contributed by atoms with Crippen LogP contribution in [0.15, 0.2) is 6.07 Å². The molecule has 1 aliphatic carbocycles. The summed E-state index contributed by atoms with van der Waals surface area (Å²) in [5.74, 6) is -0.556. The Bertz CT molecular complexity index is 354. The Morgan fingerprint density at radius 1 is 1.62 bits per heavy atom. The van der Waals surface area contributed by atoms with Crippen molar-refractivity contribution in [3.05, 3.63) is 23.0 Å². The van der Waals surface area contributed by atoms with Crippen molar-refractivity contribution in [1.82, 2.24) is 4.98 Å². The van der Waals surface area contributed by atoms with Crippen LogP contribution in [-0.2, 0) is 4.79 Å². The lowest BCUT2D eigenvalue weighted by Crippen LogP contribution is -1.98. The summed E-state index contributed by atoms with van der Waals surface area (Å²) < 4.78 is 0. The maximum atomic E-state index is 10.7. The van der Waals surface area contributed by atoms with E-state index in [1.807, 2.05) is 13.8 Å². The molecule has 0 aliphatic heterocycles. The van der Waals surface area contributed by atoms with Gasteiger partial charge >= 0.3 is 5.97 Å². The Balaban J connectivity index is 2.20. The third-order valence-electron chi connectivity index (χ3n) is 2.70. The molecule has 3 nitrogen and oxygen atoms in total. The molecule has 0 bridgehead atoms. The normalized spacial score (nSPS) is 26.0. The number of aromatic amines is 1. The Kier molecular flexibility index (Phi) is 1.68. The first-order chi connectivity index (χ1) is 6.09. The zero-order chi connectivity index (χ0) is 9.59. The van der Waals surface area contributed by atoms with Crippen LogP contribution in [0, 0.1) is 19.8 Å². The van der Waals surface area contributed by atoms with Gasteiger partial charge in [-0.15, -0.1) is 0 Å². The number of nitrogens with one attached hydrogen (secondary N) is 1. The number of aryl methyl sites for hydroxylation is 2. The lowest BCUT2D eigenvalue weighted by Gasteiger charge is -1.94. The van der Waals surface area contributed by atoms with Crippen LogP contribution in [0.4, 0.5) is 0 Å². The minimum Gasteiger partial charge on any atom is -0.481 e. The van der Waals surface area contributed by atoms with Crippen LogP contribution >= 0.6 is 0 Å². The van der Waals surface area contributed by atoms with Crippen LogP contribution in [-0.4, -0.2) is 16.1 Å². The first-order valence-corrected chi connectivity index (χ1v) is 4.48. The van der Waals surface area contributed by atoms with E-state index in [0.29, 0.717) is 0 Å². The molecule has 0 saturated heterocycles. The molecular weight excluding hydrogens is 166 g/mol.